The largest absolute Gasteiger partial charge is 0.494 e. The molecule has 2 heterocycles. The molecule has 0 saturated heterocycles. The maximum Gasteiger partial charge on any atom is 0.220 e. The lowest BCUT2D eigenvalue weighted by atomic mass is 10.1. The number of hydrogen-bond acceptors (Lipinski definition) is 7. The Hall–Kier alpha value is -2.15. The first-order chi connectivity index (χ1) is 9.67. The number of carbonyl (C=O) groups is 1. The van der Waals surface area contributed by atoms with E-state index >= 15 is 0 Å². The Morgan fingerprint density at radius 3 is 2.90 bits per heavy atom. The predicted octanol–water partition coefficient (Wildman–Crippen LogP) is 1.81. The van der Waals surface area contributed by atoms with Crippen LogP contribution in [0.1, 0.15) is 23.0 Å². The number of pyridine rings is 1. The van der Waals surface area contributed by atoms with Crippen molar-refractivity contribution in [2.75, 3.05) is 18.6 Å². The third kappa shape index (κ3) is 2.88. The lowest BCUT2D eigenvalue weighted by molar-refractivity contribution is 0.103. The van der Waals surface area contributed by atoms with E-state index in [-0.39, 0.29) is 22.9 Å². The summed E-state index contributed by atoms with van der Waals surface area (Å²) in [5.41, 5.74) is 6.25. The second-order valence-electron chi connectivity index (χ2n) is 3.77. The lowest BCUT2D eigenvalue weighted by Gasteiger charge is -2.08. The van der Waals surface area contributed by atoms with Crippen LogP contribution in [0.5, 0.6) is 5.75 Å². The minimum Gasteiger partial charge on any atom is -0.494 e. The van der Waals surface area contributed by atoms with E-state index in [9.17, 15) is 4.79 Å². The summed E-state index contributed by atoms with van der Waals surface area (Å²) in [4.78, 5) is 24.7. The van der Waals surface area contributed by atoms with Gasteiger partial charge in [-0.25, -0.2) is 15.0 Å². The smallest absolute Gasteiger partial charge is 0.220 e. The molecule has 0 aliphatic rings. The zero-order valence-corrected chi connectivity index (χ0v) is 12.0. The highest BCUT2D eigenvalue weighted by Gasteiger charge is 2.19. The topological polar surface area (TPSA) is 91.0 Å². The SMILES string of the molecule is CCSc1ncc(C(=O)c2ncccc2OC)c(N)n1. The molecule has 0 unspecified atom stereocenters. The zero-order chi connectivity index (χ0) is 14.5. The first-order valence-corrected chi connectivity index (χ1v) is 6.95. The Labute approximate surface area is 120 Å². The molecule has 0 saturated carbocycles. The van der Waals surface area contributed by atoms with Crippen molar-refractivity contribution in [2.45, 2.75) is 12.1 Å². The van der Waals surface area contributed by atoms with Crippen molar-refractivity contribution < 1.29 is 9.53 Å². The molecule has 2 N–H and O–H groups in total. The molecule has 104 valence electrons. The summed E-state index contributed by atoms with van der Waals surface area (Å²) in [6.45, 7) is 1.99. The maximum atomic E-state index is 12.4. The van der Waals surface area contributed by atoms with Gasteiger partial charge in [0.15, 0.2) is 10.9 Å². The predicted molar refractivity (Wildman–Crippen MR) is 77.1 cm³/mol. The number of nitrogens with two attached hydrogens (primary N) is 1. The Balaban J connectivity index is 2.38. The Morgan fingerprint density at radius 2 is 2.25 bits per heavy atom. The number of carbonyl (C=O) groups excluding carboxylic acids is 1. The van der Waals surface area contributed by atoms with Gasteiger partial charge in [-0.3, -0.25) is 4.79 Å². The van der Waals surface area contributed by atoms with E-state index < -0.39 is 0 Å². The monoisotopic (exact) mass is 290 g/mol. The van der Waals surface area contributed by atoms with Gasteiger partial charge in [0, 0.05) is 12.4 Å². The zero-order valence-electron chi connectivity index (χ0n) is 11.2. The molecule has 0 aliphatic carbocycles. The number of thioether (sulfide) groups is 1. The van der Waals surface area contributed by atoms with Gasteiger partial charge in [-0.1, -0.05) is 18.7 Å². The molecule has 0 aromatic carbocycles. The van der Waals surface area contributed by atoms with E-state index in [4.69, 9.17) is 10.5 Å². The number of nitrogen functional groups attached to an aromatic ring is 1. The molecule has 0 atom stereocenters. The summed E-state index contributed by atoms with van der Waals surface area (Å²) >= 11 is 1.46. The van der Waals surface area contributed by atoms with Gasteiger partial charge in [-0.2, -0.15) is 0 Å². The number of ketones is 1. The van der Waals surface area contributed by atoms with Crippen LogP contribution in [-0.4, -0.2) is 33.6 Å². The molecule has 2 aromatic rings. The van der Waals surface area contributed by atoms with Gasteiger partial charge in [0.1, 0.15) is 11.6 Å². The van der Waals surface area contributed by atoms with Gasteiger partial charge in [0.05, 0.1) is 12.7 Å². The molecular weight excluding hydrogens is 276 g/mol. The maximum absolute atomic E-state index is 12.4. The van der Waals surface area contributed by atoms with Crippen LogP contribution < -0.4 is 10.5 Å². The number of nitrogens with zero attached hydrogens (tertiary/aromatic N) is 3. The van der Waals surface area contributed by atoms with Crippen molar-refractivity contribution in [3.8, 4) is 5.75 Å². The summed E-state index contributed by atoms with van der Waals surface area (Å²) in [5.74, 6) is 1.02. The fraction of sp³-hybridized carbons (Fsp3) is 0.231. The van der Waals surface area contributed by atoms with E-state index in [0.717, 1.165) is 5.75 Å². The normalized spacial score (nSPS) is 10.3. The molecule has 0 spiro atoms. The minimum absolute atomic E-state index is 0.147. The molecule has 2 rings (SSSR count). The van der Waals surface area contributed by atoms with Gasteiger partial charge in [0.2, 0.25) is 5.78 Å². The third-order valence-corrected chi connectivity index (χ3v) is 3.26. The molecule has 0 bridgehead atoms. The van der Waals surface area contributed by atoms with Crippen molar-refractivity contribution in [1.29, 1.82) is 0 Å². The summed E-state index contributed by atoms with van der Waals surface area (Å²) in [6, 6.07) is 3.36. The average molecular weight is 290 g/mol. The summed E-state index contributed by atoms with van der Waals surface area (Å²) in [7, 11) is 1.48. The van der Waals surface area contributed by atoms with Crippen molar-refractivity contribution >= 4 is 23.4 Å². The van der Waals surface area contributed by atoms with Crippen LogP contribution in [0, 0.1) is 0 Å². The van der Waals surface area contributed by atoms with Crippen LogP contribution in [0.3, 0.4) is 0 Å². The van der Waals surface area contributed by atoms with Crippen molar-refractivity contribution in [2.24, 2.45) is 0 Å². The van der Waals surface area contributed by atoms with Crippen molar-refractivity contribution in [3.63, 3.8) is 0 Å². The number of hydrogen-bond donors (Lipinski definition) is 1. The average Bonchev–Trinajstić information content (AvgIpc) is 2.47. The van der Waals surface area contributed by atoms with E-state index in [1.165, 1.54) is 31.3 Å². The summed E-state index contributed by atoms with van der Waals surface area (Å²) < 4.78 is 5.12. The van der Waals surface area contributed by atoms with Crippen LogP contribution in [0.2, 0.25) is 0 Å². The fourth-order valence-electron chi connectivity index (χ4n) is 1.60. The number of aromatic nitrogens is 3. The molecule has 2 aromatic heterocycles. The molecular formula is C13H14N4O2S. The van der Waals surface area contributed by atoms with Crippen LogP contribution in [-0.2, 0) is 0 Å². The summed E-state index contributed by atoms with van der Waals surface area (Å²) in [6.07, 6.45) is 2.95. The van der Waals surface area contributed by atoms with E-state index in [1.807, 2.05) is 6.92 Å². The standard InChI is InChI=1S/C13H14N4O2S/c1-3-20-13-16-7-8(12(14)17-13)11(18)10-9(19-2)5-4-6-15-10/h4-7H,3H2,1-2H3,(H2,14,16,17). The van der Waals surface area contributed by atoms with Crippen LogP contribution >= 0.6 is 11.8 Å². The summed E-state index contributed by atoms with van der Waals surface area (Å²) in [5, 5.41) is 0.550. The van der Waals surface area contributed by atoms with Crippen LogP contribution in [0.25, 0.3) is 0 Å². The second kappa shape index (κ2) is 6.33. The highest BCUT2D eigenvalue weighted by Crippen LogP contribution is 2.22. The first kappa shape index (κ1) is 14.3. The molecule has 6 nitrogen and oxygen atoms in total. The molecule has 7 heteroatoms. The number of rotatable bonds is 5. The second-order valence-corrected chi connectivity index (χ2v) is 5.00. The molecule has 0 fully saturated rings. The third-order valence-electron chi connectivity index (χ3n) is 2.52. The van der Waals surface area contributed by atoms with Gasteiger partial charge in [-0.05, 0) is 17.9 Å². The molecule has 20 heavy (non-hydrogen) atoms. The lowest BCUT2D eigenvalue weighted by Crippen LogP contribution is -2.11. The van der Waals surface area contributed by atoms with Gasteiger partial charge in [-0.15, -0.1) is 0 Å². The first-order valence-electron chi connectivity index (χ1n) is 5.96. The van der Waals surface area contributed by atoms with E-state index in [2.05, 4.69) is 15.0 Å². The number of methoxy groups -OCH3 is 1. The van der Waals surface area contributed by atoms with Gasteiger partial charge >= 0.3 is 0 Å². The van der Waals surface area contributed by atoms with Crippen molar-refractivity contribution in [3.05, 3.63) is 35.8 Å². The fourth-order valence-corrected chi connectivity index (χ4v) is 2.15. The minimum atomic E-state index is -0.354. The molecule has 0 radical (unpaired) electrons. The Bertz CT molecular complexity index is 634. The Kier molecular flexibility index (Phi) is 4.52. The quantitative estimate of drug-likeness (QED) is 0.510. The highest BCUT2D eigenvalue weighted by molar-refractivity contribution is 7.99. The van der Waals surface area contributed by atoms with Crippen LogP contribution in [0.15, 0.2) is 29.7 Å². The van der Waals surface area contributed by atoms with Crippen molar-refractivity contribution in [1.82, 2.24) is 15.0 Å². The molecule has 0 amide bonds. The van der Waals surface area contributed by atoms with Crippen LogP contribution in [0.4, 0.5) is 5.82 Å². The van der Waals surface area contributed by atoms with E-state index in [0.29, 0.717) is 10.9 Å². The van der Waals surface area contributed by atoms with Gasteiger partial charge < -0.3 is 10.5 Å². The number of ether oxygens (including phenoxy) is 1. The highest BCUT2D eigenvalue weighted by atomic mass is 32.2. The number of anilines is 1. The van der Waals surface area contributed by atoms with Gasteiger partial charge in [0.25, 0.3) is 0 Å². The van der Waals surface area contributed by atoms with E-state index in [1.54, 1.807) is 12.1 Å². The molecule has 0 aliphatic heterocycles. The Morgan fingerprint density at radius 1 is 1.45 bits per heavy atom.